The SMILES string of the molecule is CC(=O)N1CCN(c2nc3c(Cl)c(C)nn3c3ccccc23)CC1. The predicted octanol–water partition coefficient (Wildman–Crippen LogP) is 2.51. The van der Waals surface area contributed by atoms with Crippen LogP contribution in [0.1, 0.15) is 12.6 Å². The topological polar surface area (TPSA) is 53.7 Å². The Morgan fingerprint density at radius 1 is 1.17 bits per heavy atom. The summed E-state index contributed by atoms with van der Waals surface area (Å²) in [7, 11) is 0. The van der Waals surface area contributed by atoms with Crippen molar-refractivity contribution in [3.05, 3.63) is 35.0 Å². The first kappa shape index (κ1) is 15.2. The molecule has 0 atom stereocenters. The highest BCUT2D eigenvalue weighted by Crippen LogP contribution is 2.30. The molecule has 1 fully saturated rings. The van der Waals surface area contributed by atoms with Gasteiger partial charge in [0, 0.05) is 38.5 Å². The number of carbonyl (C=O) groups is 1. The molecule has 124 valence electrons. The number of rotatable bonds is 1. The number of halogens is 1. The van der Waals surface area contributed by atoms with Crippen molar-refractivity contribution in [2.75, 3.05) is 31.1 Å². The van der Waals surface area contributed by atoms with Crippen molar-refractivity contribution in [1.82, 2.24) is 19.5 Å². The van der Waals surface area contributed by atoms with E-state index in [4.69, 9.17) is 16.6 Å². The summed E-state index contributed by atoms with van der Waals surface area (Å²) in [5, 5.41) is 6.14. The summed E-state index contributed by atoms with van der Waals surface area (Å²) >= 11 is 6.40. The molecule has 0 bridgehead atoms. The molecule has 1 saturated heterocycles. The van der Waals surface area contributed by atoms with Gasteiger partial charge in [-0.15, -0.1) is 0 Å². The lowest BCUT2D eigenvalue weighted by molar-refractivity contribution is -0.129. The van der Waals surface area contributed by atoms with Gasteiger partial charge in [-0.2, -0.15) is 5.10 Å². The molecular formula is C17H18ClN5O. The lowest BCUT2D eigenvalue weighted by Crippen LogP contribution is -2.48. The highest BCUT2D eigenvalue weighted by molar-refractivity contribution is 6.34. The Balaban J connectivity index is 1.85. The fourth-order valence-corrected chi connectivity index (χ4v) is 3.40. The highest BCUT2D eigenvalue weighted by atomic mass is 35.5. The molecular weight excluding hydrogens is 326 g/mol. The Labute approximate surface area is 144 Å². The second kappa shape index (κ2) is 5.63. The minimum absolute atomic E-state index is 0.123. The normalized spacial score (nSPS) is 15.5. The second-order valence-electron chi connectivity index (χ2n) is 6.08. The van der Waals surface area contributed by atoms with E-state index in [2.05, 4.69) is 16.1 Å². The average molecular weight is 344 g/mol. The number of nitrogens with zero attached hydrogens (tertiary/aromatic N) is 5. The molecule has 1 amide bonds. The maximum absolute atomic E-state index is 11.5. The molecule has 0 radical (unpaired) electrons. The van der Waals surface area contributed by atoms with Crippen molar-refractivity contribution in [2.45, 2.75) is 13.8 Å². The zero-order chi connectivity index (χ0) is 16.8. The van der Waals surface area contributed by atoms with E-state index in [0.717, 1.165) is 35.5 Å². The van der Waals surface area contributed by atoms with Crippen LogP contribution in [0, 0.1) is 6.92 Å². The smallest absolute Gasteiger partial charge is 0.219 e. The van der Waals surface area contributed by atoms with Crippen molar-refractivity contribution in [1.29, 1.82) is 0 Å². The number of amides is 1. The Kier molecular flexibility index (Phi) is 3.57. The standard InChI is InChI=1S/C17H18ClN5O/c1-11-15(18)17-19-16(22-9-7-21(8-10-22)12(2)24)13-5-3-4-6-14(13)23(17)20-11/h3-6H,7-10H2,1-2H3. The van der Waals surface area contributed by atoms with Gasteiger partial charge in [-0.1, -0.05) is 23.7 Å². The van der Waals surface area contributed by atoms with Gasteiger partial charge in [-0.25, -0.2) is 9.50 Å². The number of piperazine rings is 1. The van der Waals surface area contributed by atoms with Crippen LogP contribution >= 0.6 is 11.6 Å². The van der Waals surface area contributed by atoms with Gasteiger partial charge in [0.05, 0.1) is 11.2 Å². The van der Waals surface area contributed by atoms with Gasteiger partial charge in [0.1, 0.15) is 10.8 Å². The van der Waals surface area contributed by atoms with Crippen molar-refractivity contribution in [3.63, 3.8) is 0 Å². The summed E-state index contributed by atoms with van der Waals surface area (Å²) < 4.78 is 1.81. The third-order valence-electron chi connectivity index (χ3n) is 4.57. The van der Waals surface area contributed by atoms with E-state index in [-0.39, 0.29) is 5.91 Å². The molecule has 0 saturated carbocycles. The molecule has 3 aromatic rings. The van der Waals surface area contributed by atoms with Crippen molar-refractivity contribution >= 4 is 39.9 Å². The Bertz CT molecular complexity index is 943. The summed E-state index contributed by atoms with van der Waals surface area (Å²) in [5.74, 6) is 1.03. The molecule has 24 heavy (non-hydrogen) atoms. The molecule has 4 rings (SSSR count). The maximum Gasteiger partial charge on any atom is 0.219 e. The number of benzene rings is 1. The first-order valence-electron chi connectivity index (χ1n) is 8.00. The van der Waals surface area contributed by atoms with E-state index < -0.39 is 0 Å². The highest BCUT2D eigenvalue weighted by Gasteiger charge is 2.23. The van der Waals surface area contributed by atoms with Crippen LogP contribution in [0.25, 0.3) is 16.6 Å². The lowest BCUT2D eigenvalue weighted by Gasteiger charge is -2.35. The Hall–Kier alpha value is -2.34. The number of aromatic nitrogens is 3. The zero-order valence-electron chi connectivity index (χ0n) is 13.7. The molecule has 0 N–H and O–H groups in total. The second-order valence-corrected chi connectivity index (χ2v) is 6.46. The number of aryl methyl sites for hydroxylation is 1. The van der Waals surface area contributed by atoms with Gasteiger partial charge in [-0.3, -0.25) is 4.79 Å². The molecule has 3 heterocycles. The van der Waals surface area contributed by atoms with Gasteiger partial charge in [-0.05, 0) is 19.1 Å². The Morgan fingerprint density at radius 2 is 1.88 bits per heavy atom. The lowest BCUT2D eigenvalue weighted by atomic mass is 10.2. The van der Waals surface area contributed by atoms with E-state index in [1.165, 1.54) is 0 Å². The van der Waals surface area contributed by atoms with Crippen LogP contribution in [0.5, 0.6) is 0 Å². The van der Waals surface area contributed by atoms with Gasteiger partial charge in [0.2, 0.25) is 5.91 Å². The summed E-state index contributed by atoms with van der Waals surface area (Å²) in [4.78, 5) is 20.4. The van der Waals surface area contributed by atoms with Gasteiger partial charge in [0.15, 0.2) is 5.65 Å². The molecule has 1 aromatic carbocycles. The predicted molar refractivity (Wildman–Crippen MR) is 94.7 cm³/mol. The van der Waals surface area contributed by atoms with Gasteiger partial charge in [0.25, 0.3) is 0 Å². The zero-order valence-corrected chi connectivity index (χ0v) is 14.4. The molecule has 0 aliphatic carbocycles. The number of hydrogen-bond donors (Lipinski definition) is 0. The maximum atomic E-state index is 11.5. The number of carbonyl (C=O) groups excluding carboxylic acids is 1. The summed E-state index contributed by atoms with van der Waals surface area (Å²) in [5.41, 5.74) is 2.44. The summed E-state index contributed by atoms with van der Waals surface area (Å²) in [6.45, 7) is 6.45. The van der Waals surface area contributed by atoms with E-state index in [1.54, 1.807) is 6.92 Å². The number of para-hydroxylation sites is 1. The molecule has 7 heteroatoms. The average Bonchev–Trinajstić information content (AvgIpc) is 2.89. The van der Waals surface area contributed by atoms with Crippen molar-refractivity contribution in [2.24, 2.45) is 0 Å². The van der Waals surface area contributed by atoms with E-state index in [1.807, 2.05) is 34.5 Å². The van der Waals surface area contributed by atoms with Crippen LogP contribution in [0.2, 0.25) is 5.02 Å². The minimum Gasteiger partial charge on any atom is -0.352 e. The molecule has 6 nitrogen and oxygen atoms in total. The number of hydrogen-bond acceptors (Lipinski definition) is 4. The first-order chi connectivity index (χ1) is 11.6. The monoisotopic (exact) mass is 343 g/mol. The van der Waals surface area contributed by atoms with Crippen molar-refractivity contribution in [3.8, 4) is 0 Å². The van der Waals surface area contributed by atoms with Crippen LogP contribution in [0.3, 0.4) is 0 Å². The third-order valence-corrected chi connectivity index (χ3v) is 5.02. The first-order valence-corrected chi connectivity index (χ1v) is 8.38. The largest absolute Gasteiger partial charge is 0.352 e. The van der Waals surface area contributed by atoms with E-state index in [0.29, 0.717) is 23.8 Å². The van der Waals surface area contributed by atoms with Crippen LogP contribution < -0.4 is 4.90 Å². The quantitative estimate of drug-likeness (QED) is 0.681. The fraction of sp³-hybridized carbons (Fsp3) is 0.353. The summed E-state index contributed by atoms with van der Waals surface area (Å²) in [6.07, 6.45) is 0. The van der Waals surface area contributed by atoms with E-state index >= 15 is 0 Å². The van der Waals surface area contributed by atoms with Gasteiger partial charge >= 0.3 is 0 Å². The van der Waals surface area contributed by atoms with Crippen molar-refractivity contribution < 1.29 is 4.79 Å². The number of fused-ring (bicyclic) bond motifs is 3. The van der Waals surface area contributed by atoms with Crippen LogP contribution in [0.15, 0.2) is 24.3 Å². The summed E-state index contributed by atoms with van der Waals surface area (Å²) in [6, 6.07) is 8.08. The van der Waals surface area contributed by atoms with Gasteiger partial charge < -0.3 is 9.80 Å². The van der Waals surface area contributed by atoms with E-state index in [9.17, 15) is 4.79 Å². The minimum atomic E-state index is 0.123. The number of anilines is 1. The third kappa shape index (κ3) is 2.29. The molecule has 1 aliphatic rings. The molecule has 2 aromatic heterocycles. The Morgan fingerprint density at radius 3 is 2.58 bits per heavy atom. The molecule has 1 aliphatic heterocycles. The molecule has 0 spiro atoms. The fourth-order valence-electron chi connectivity index (χ4n) is 3.24. The van der Waals surface area contributed by atoms with Crippen LogP contribution in [-0.4, -0.2) is 51.6 Å². The van der Waals surface area contributed by atoms with Crippen LogP contribution in [0.4, 0.5) is 5.82 Å². The molecule has 0 unspecified atom stereocenters. The van der Waals surface area contributed by atoms with Crippen LogP contribution in [-0.2, 0) is 4.79 Å².